The number of thiocarbonyl (C=S) groups is 1. The monoisotopic (exact) mass is 570 g/mol. The van der Waals surface area contributed by atoms with E-state index in [9.17, 15) is 15.3 Å². The third-order valence-electron chi connectivity index (χ3n) is 6.84. The second-order valence-corrected chi connectivity index (χ2v) is 10.6. The van der Waals surface area contributed by atoms with Crippen molar-refractivity contribution < 1.29 is 9.90 Å². The fourth-order valence-electron chi connectivity index (χ4n) is 4.92. The van der Waals surface area contributed by atoms with Crippen LogP contribution in [0, 0.1) is 18.3 Å². The van der Waals surface area contributed by atoms with Crippen LogP contribution in [0.5, 0.6) is 0 Å². The molecule has 1 fully saturated rings. The number of hydrogen-bond donors (Lipinski definition) is 2. The van der Waals surface area contributed by atoms with Crippen molar-refractivity contribution in [2.24, 2.45) is 5.92 Å². The number of halogens is 2. The summed E-state index contributed by atoms with van der Waals surface area (Å²) in [6, 6.07) is 30.4. The van der Waals surface area contributed by atoms with Gasteiger partial charge in [-0.3, -0.25) is 15.1 Å². The van der Waals surface area contributed by atoms with Crippen molar-refractivity contribution in [3.63, 3.8) is 0 Å². The van der Waals surface area contributed by atoms with Gasteiger partial charge in [0.25, 0.3) is 0 Å². The van der Waals surface area contributed by atoms with Crippen LogP contribution < -0.4 is 4.90 Å². The second kappa shape index (κ2) is 11.1. The molecule has 5 rings (SSSR count). The van der Waals surface area contributed by atoms with Gasteiger partial charge >= 0.3 is 0 Å². The fraction of sp³-hybridized carbons (Fsp3) is 0.0938. The van der Waals surface area contributed by atoms with Gasteiger partial charge in [0.15, 0.2) is 5.78 Å². The largest absolute Gasteiger partial charge is 0.507 e. The van der Waals surface area contributed by atoms with E-state index in [-0.39, 0.29) is 27.9 Å². The molecular formula is C32H24Cl2N2O2S. The summed E-state index contributed by atoms with van der Waals surface area (Å²) in [5, 5.41) is 21.9. The van der Waals surface area contributed by atoms with Gasteiger partial charge in [-0.05, 0) is 36.8 Å². The number of rotatable bonds is 5. The predicted molar refractivity (Wildman–Crippen MR) is 163 cm³/mol. The minimum atomic E-state index is -0.946. The smallest absolute Gasteiger partial charge is 0.173 e. The van der Waals surface area contributed by atoms with Crippen molar-refractivity contribution in [3.8, 4) is 0 Å². The van der Waals surface area contributed by atoms with E-state index < -0.39 is 11.8 Å². The Morgan fingerprint density at radius 3 is 2.10 bits per heavy atom. The lowest BCUT2D eigenvalue weighted by atomic mass is 9.72. The molecule has 0 saturated carbocycles. The molecule has 4 nitrogen and oxygen atoms in total. The zero-order valence-corrected chi connectivity index (χ0v) is 23.3. The minimum Gasteiger partial charge on any atom is -0.507 e. The molecule has 2 N–H and O–H groups in total. The van der Waals surface area contributed by atoms with Crippen molar-refractivity contribution in [2.75, 3.05) is 4.90 Å². The topological polar surface area (TPSA) is 64.4 Å². The summed E-state index contributed by atoms with van der Waals surface area (Å²) in [6.07, 6.45) is 0. The van der Waals surface area contributed by atoms with E-state index in [1.54, 1.807) is 59.5 Å². The molecule has 0 radical (unpaired) electrons. The first-order valence-corrected chi connectivity index (χ1v) is 13.5. The van der Waals surface area contributed by atoms with Crippen molar-refractivity contribution in [2.45, 2.75) is 12.8 Å². The van der Waals surface area contributed by atoms with Gasteiger partial charge in [0.1, 0.15) is 16.6 Å². The van der Waals surface area contributed by atoms with Gasteiger partial charge in [0.2, 0.25) is 0 Å². The Labute approximate surface area is 242 Å². The maximum atomic E-state index is 14.2. The fourth-order valence-corrected chi connectivity index (χ4v) is 5.89. The summed E-state index contributed by atoms with van der Waals surface area (Å²) in [7, 11) is 0. The number of carbonyl (C=O) groups excluding carboxylic acids is 1. The first-order valence-electron chi connectivity index (χ1n) is 12.3. The molecule has 1 aliphatic heterocycles. The van der Waals surface area contributed by atoms with Crippen LogP contribution >= 0.6 is 35.4 Å². The third kappa shape index (κ3) is 5.13. The van der Waals surface area contributed by atoms with Crippen molar-refractivity contribution in [1.82, 2.24) is 0 Å². The number of nitrogens with zero attached hydrogens (tertiary/aromatic N) is 1. The Balaban J connectivity index is 1.82. The van der Waals surface area contributed by atoms with Gasteiger partial charge in [-0.15, -0.1) is 0 Å². The normalized spacial score (nSPS) is 18.7. The van der Waals surface area contributed by atoms with Crippen LogP contribution in [0.15, 0.2) is 109 Å². The van der Waals surface area contributed by atoms with Crippen LogP contribution in [-0.2, 0) is 0 Å². The molecule has 1 aliphatic rings. The van der Waals surface area contributed by atoms with E-state index in [4.69, 9.17) is 35.4 Å². The molecule has 0 unspecified atom stereocenters. The number of Topliss-reactive ketones (excluding diaryl/α,β-unsaturated/α-hetero) is 1. The number of aliphatic hydroxyl groups excluding tert-OH is 1. The number of piperidine rings is 1. The first kappa shape index (κ1) is 26.8. The average molecular weight is 572 g/mol. The van der Waals surface area contributed by atoms with Gasteiger partial charge in [0, 0.05) is 38.4 Å². The predicted octanol–water partition coefficient (Wildman–Crippen LogP) is 8.68. The summed E-state index contributed by atoms with van der Waals surface area (Å²) >= 11 is 19.0. The summed E-state index contributed by atoms with van der Waals surface area (Å²) in [5.41, 5.74) is 3.42. The number of aliphatic hydroxyl groups is 1. The van der Waals surface area contributed by atoms with E-state index in [1.165, 1.54) is 0 Å². The standard InChI is InChI=1S/C32H24Cl2N2O2S/c1-19-12-14-21(15-13-19)29(37)27-26(24-17-16-22(33)18-25(24)34)28(30(38)20-8-4-2-5-9-20)32(39)36(31(27)35)23-10-6-3-7-11-23/h2-18,26,28,35,37H,1H3/b29-27+,35-31?/t26-,28-/m1/s1. The third-order valence-corrected chi connectivity index (χ3v) is 7.84. The summed E-state index contributed by atoms with van der Waals surface area (Å²) in [5.74, 6) is -2.18. The maximum absolute atomic E-state index is 14.2. The van der Waals surface area contributed by atoms with Crippen LogP contribution in [0.2, 0.25) is 10.0 Å². The summed E-state index contributed by atoms with van der Waals surface area (Å²) in [4.78, 5) is 16.1. The molecule has 0 bridgehead atoms. The number of benzene rings is 4. The maximum Gasteiger partial charge on any atom is 0.173 e. The molecule has 0 aliphatic carbocycles. The Kier molecular flexibility index (Phi) is 7.67. The van der Waals surface area contributed by atoms with Crippen LogP contribution in [0.1, 0.15) is 33.0 Å². The van der Waals surface area contributed by atoms with Crippen LogP contribution in [0.25, 0.3) is 5.76 Å². The van der Waals surface area contributed by atoms with Gasteiger partial charge in [-0.2, -0.15) is 0 Å². The highest BCUT2D eigenvalue weighted by Gasteiger charge is 2.48. The molecule has 7 heteroatoms. The molecular weight excluding hydrogens is 547 g/mol. The van der Waals surface area contributed by atoms with Gasteiger partial charge in [-0.25, -0.2) is 0 Å². The number of carbonyl (C=O) groups is 1. The van der Waals surface area contributed by atoms with E-state index in [2.05, 4.69) is 0 Å². The number of ketones is 1. The quantitative estimate of drug-likeness (QED) is 0.143. The molecule has 1 heterocycles. The molecule has 194 valence electrons. The highest BCUT2D eigenvalue weighted by Crippen LogP contribution is 2.47. The van der Waals surface area contributed by atoms with E-state index >= 15 is 0 Å². The number of hydrogen-bond acceptors (Lipinski definition) is 4. The molecule has 1 saturated heterocycles. The van der Waals surface area contributed by atoms with Crippen LogP contribution in [0.4, 0.5) is 5.69 Å². The molecule has 0 amide bonds. The van der Waals surface area contributed by atoms with Gasteiger partial charge in [0.05, 0.1) is 5.92 Å². The Bertz CT molecular complexity index is 1600. The number of aryl methyl sites for hydroxylation is 1. The second-order valence-electron chi connectivity index (χ2n) is 9.34. The number of para-hydroxylation sites is 1. The SMILES string of the molecule is Cc1ccc(/C(O)=C2\C(=N)N(c3ccccc3)C(=S)[C@@H](C(=O)c3ccccc3)[C@@H]2c2ccc(Cl)cc2Cl)cc1. The highest BCUT2D eigenvalue weighted by molar-refractivity contribution is 7.80. The molecule has 2 atom stereocenters. The van der Waals surface area contributed by atoms with E-state index in [1.807, 2.05) is 55.5 Å². The van der Waals surface area contributed by atoms with Gasteiger partial charge in [-0.1, -0.05) is 120 Å². The highest BCUT2D eigenvalue weighted by atomic mass is 35.5. The van der Waals surface area contributed by atoms with Crippen molar-refractivity contribution >= 4 is 63.5 Å². The zero-order chi connectivity index (χ0) is 27.7. The molecule has 4 aromatic rings. The number of anilines is 1. The Morgan fingerprint density at radius 2 is 1.49 bits per heavy atom. The summed E-state index contributed by atoms with van der Waals surface area (Å²) in [6.45, 7) is 1.96. The average Bonchev–Trinajstić information content (AvgIpc) is 2.94. The van der Waals surface area contributed by atoms with E-state index in [0.29, 0.717) is 32.4 Å². The minimum absolute atomic E-state index is 0.0302. The van der Waals surface area contributed by atoms with Crippen molar-refractivity contribution in [3.05, 3.63) is 141 Å². The van der Waals surface area contributed by atoms with E-state index in [0.717, 1.165) is 5.56 Å². The van der Waals surface area contributed by atoms with Crippen molar-refractivity contribution in [1.29, 1.82) is 5.41 Å². The number of nitrogens with one attached hydrogen (secondary N) is 1. The lowest BCUT2D eigenvalue weighted by molar-refractivity contribution is 0.0946. The number of amidine groups is 1. The molecule has 39 heavy (non-hydrogen) atoms. The van der Waals surface area contributed by atoms with Crippen LogP contribution in [0.3, 0.4) is 0 Å². The lowest BCUT2D eigenvalue weighted by Gasteiger charge is -2.42. The lowest BCUT2D eigenvalue weighted by Crippen LogP contribution is -2.51. The van der Waals surface area contributed by atoms with Gasteiger partial charge < -0.3 is 5.11 Å². The first-order chi connectivity index (χ1) is 18.8. The summed E-state index contributed by atoms with van der Waals surface area (Å²) < 4.78 is 0. The zero-order valence-electron chi connectivity index (χ0n) is 20.9. The molecule has 4 aromatic carbocycles. The van der Waals surface area contributed by atoms with Crippen LogP contribution in [-0.4, -0.2) is 21.7 Å². The Hall–Kier alpha value is -3.77. The Morgan fingerprint density at radius 1 is 0.872 bits per heavy atom. The molecule has 0 aromatic heterocycles. The molecule has 0 spiro atoms.